The number of piperidine rings is 1. The molecule has 1 aliphatic rings. The van der Waals surface area contributed by atoms with Crippen LogP contribution in [-0.4, -0.2) is 36.0 Å². The number of fused-ring (bicyclic) bond motifs is 1. The molecule has 4 rings (SSSR count). The molecule has 1 atom stereocenters. The number of amides is 1. The minimum atomic E-state index is 0.205. The molecule has 3 aromatic rings. The molecule has 0 spiro atoms. The molecule has 0 aliphatic carbocycles. The van der Waals surface area contributed by atoms with Crippen molar-refractivity contribution in [2.24, 2.45) is 0 Å². The van der Waals surface area contributed by atoms with E-state index in [2.05, 4.69) is 29.2 Å². The highest BCUT2D eigenvalue weighted by Gasteiger charge is 2.25. The van der Waals surface area contributed by atoms with Crippen molar-refractivity contribution in [1.29, 1.82) is 0 Å². The van der Waals surface area contributed by atoms with E-state index in [0.717, 1.165) is 37.2 Å². The first-order valence-corrected chi connectivity index (χ1v) is 9.21. The van der Waals surface area contributed by atoms with Gasteiger partial charge in [0.1, 0.15) is 5.75 Å². The van der Waals surface area contributed by atoms with Crippen LogP contribution in [-0.2, 0) is 11.2 Å². The van der Waals surface area contributed by atoms with Gasteiger partial charge in [0.2, 0.25) is 5.91 Å². The smallest absolute Gasteiger partial charge is 0.227 e. The summed E-state index contributed by atoms with van der Waals surface area (Å²) in [7, 11) is 1.65. The molecule has 0 radical (unpaired) electrons. The molecule has 1 saturated heterocycles. The second kappa shape index (κ2) is 7.24. The SMILES string of the molecule is COc1ccc(CC(=O)N2CCCC(c3cc4ccccc4[nH]3)C2)cc1. The van der Waals surface area contributed by atoms with Gasteiger partial charge in [0.25, 0.3) is 0 Å². The van der Waals surface area contributed by atoms with Gasteiger partial charge in [0, 0.05) is 30.2 Å². The lowest BCUT2D eigenvalue weighted by atomic mass is 9.94. The van der Waals surface area contributed by atoms with Crippen LogP contribution in [0.25, 0.3) is 10.9 Å². The van der Waals surface area contributed by atoms with Crippen molar-refractivity contribution in [3.8, 4) is 5.75 Å². The number of likely N-dealkylation sites (tertiary alicyclic amines) is 1. The van der Waals surface area contributed by atoms with E-state index in [1.54, 1.807) is 7.11 Å². The molecule has 134 valence electrons. The quantitative estimate of drug-likeness (QED) is 0.771. The number of hydrogen-bond acceptors (Lipinski definition) is 2. The number of ether oxygens (including phenoxy) is 1. The molecule has 1 unspecified atom stereocenters. The summed E-state index contributed by atoms with van der Waals surface area (Å²) in [6.45, 7) is 1.65. The molecular weight excluding hydrogens is 324 g/mol. The van der Waals surface area contributed by atoms with Crippen LogP contribution in [0.1, 0.15) is 30.0 Å². The first-order valence-electron chi connectivity index (χ1n) is 9.21. The van der Waals surface area contributed by atoms with Gasteiger partial charge in [0.15, 0.2) is 0 Å². The van der Waals surface area contributed by atoms with Crippen molar-refractivity contribution < 1.29 is 9.53 Å². The summed E-state index contributed by atoms with van der Waals surface area (Å²) < 4.78 is 5.18. The Morgan fingerprint density at radius 3 is 2.77 bits per heavy atom. The molecule has 4 nitrogen and oxygen atoms in total. The minimum absolute atomic E-state index is 0.205. The monoisotopic (exact) mass is 348 g/mol. The van der Waals surface area contributed by atoms with Crippen LogP contribution in [0, 0.1) is 0 Å². The van der Waals surface area contributed by atoms with Gasteiger partial charge in [0.05, 0.1) is 13.5 Å². The predicted octanol–water partition coefficient (Wildman–Crippen LogP) is 4.13. The van der Waals surface area contributed by atoms with Crippen molar-refractivity contribution >= 4 is 16.8 Å². The Kier molecular flexibility index (Phi) is 4.65. The first kappa shape index (κ1) is 16.7. The summed E-state index contributed by atoms with van der Waals surface area (Å²) in [6.07, 6.45) is 2.62. The second-order valence-corrected chi connectivity index (χ2v) is 7.02. The number of nitrogens with one attached hydrogen (secondary N) is 1. The Balaban J connectivity index is 1.44. The molecule has 1 aliphatic heterocycles. The van der Waals surface area contributed by atoms with E-state index in [0.29, 0.717) is 12.3 Å². The van der Waals surface area contributed by atoms with Gasteiger partial charge in [-0.2, -0.15) is 0 Å². The van der Waals surface area contributed by atoms with Crippen molar-refractivity contribution in [2.75, 3.05) is 20.2 Å². The first-order chi connectivity index (χ1) is 12.7. The number of carbonyl (C=O) groups excluding carboxylic acids is 1. The molecule has 1 fully saturated rings. The molecule has 2 aromatic carbocycles. The fourth-order valence-electron chi connectivity index (χ4n) is 3.80. The van der Waals surface area contributed by atoms with Crippen LogP contribution in [0.15, 0.2) is 54.6 Å². The van der Waals surface area contributed by atoms with Gasteiger partial charge in [-0.05, 0) is 48.1 Å². The van der Waals surface area contributed by atoms with Crippen molar-refractivity contribution in [2.45, 2.75) is 25.2 Å². The summed E-state index contributed by atoms with van der Waals surface area (Å²) in [4.78, 5) is 18.3. The van der Waals surface area contributed by atoms with Crippen LogP contribution in [0.3, 0.4) is 0 Å². The maximum Gasteiger partial charge on any atom is 0.227 e. The van der Waals surface area contributed by atoms with Crippen LogP contribution < -0.4 is 4.74 Å². The van der Waals surface area contributed by atoms with E-state index in [1.165, 1.54) is 16.6 Å². The lowest BCUT2D eigenvalue weighted by Crippen LogP contribution is -2.40. The van der Waals surface area contributed by atoms with Gasteiger partial charge in [-0.15, -0.1) is 0 Å². The number of H-pyrrole nitrogens is 1. The minimum Gasteiger partial charge on any atom is -0.497 e. The summed E-state index contributed by atoms with van der Waals surface area (Å²) in [5.74, 6) is 1.41. The Morgan fingerprint density at radius 2 is 2.00 bits per heavy atom. The van der Waals surface area contributed by atoms with E-state index in [9.17, 15) is 4.79 Å². The third-order valence-corrected chi connectivity index (χ3v) is 5.28. The van der Waals surface area contributed by atoms with E-state index in [-0.39, 0.29) is 5.91 Å². The predicted molar refractivity (Wildman–Crippen MR) is 104 cm³/mol. The molecular formula is C22H24N2O2. The highest BCUT2D eigenvalue weighted by molar-refractivity contribution is 5.81. The van der Waals surface area contributed by atoms with Crippen LogP contribution in [0.2, 0.25) is 0 Å². The number of aromatic nitrogens is 1. The normalized spacial score (nSPS) is 17.4. The van der Waals surface area contributed by atoms with Crippen LogP contribution in [0.5, 0.6) is 5.75 Å². The number of nitrogens with zero attached hydrogens (tertiary/aromatic N) is 1. The van der Waals surface area contributed by atoms with Gasteiger partial charge in [-0.3, -0.25) is 4.79 Å². The van der Waals surface area contributed by atoms with Crippen molar-refractivity contribution in [3.63, 3.8) is 0 Å². The fraction of sp³-hybridized carbons (Fsp3) is 0.318. The topological polar surface area (TPSA) is 45.3 Å². The zero-order valence-corrected chi connectivity index (χ0v) is 15.1. The zero-order chi connectivity index (χ0) is 17.9. The van der Waals surface area contributed by atoms with Crippen LogP contribution >= 0.6 is 0 Å². The zero-order valence-electron chi connectivity index (χ0n) is 15.1. The van der Waals surface area contributed by atoms with Gasteiger partial charge < -0.3 is 14.6 Å². The van der Waals surface area contributed by atoms with E-state index < -0.39 is 0 Å². The van der Waals surface area contributed by atoms with Gasteiger partial charge in [-0.1, -0.05) is 30.3 Å². The van der Waals surface area contributed by atoms with E-state index >= 15 is 0 Å². The third kappa shape index (κ3) is 3.45. The molecule has 2 heterocycles. The number of methoxy groups -OCH3 is 1. The number of aromatic amines is 1. The Hall–Kier alpha value is -2.75. The molecule has 0 saturated carbocycles. The number of carbonyl (C=O) groups is 1. The Bertz CT molecular complexity index is 865. The second-order valence-electron chi connectivity index (χ2n) is 7.02. The van der Waals surface area contributed by atoms with E-state index in [1.807, 2.05) is 35.2 Å². The summed E-state index contributed by atoms with van der Waals surface area (Å²) in [5.41, 5.74) is 3.45. The average Bonchev–Trinajstić information content (AvgIpc) is 3.13. The van der Waals surface area contributed by atoms with Crippen molar-refractivity contribution in [3.05, 3.63) is 65.9 Å². The number of para-hydroxylation sites is 1. The maximum atomic E-state index is 12.8. The van der Waals surface area contributed by atoms with E-state index in [4.69, 9.17) is 4.74 Å². The Morgan fingerprint density at radius 1 is 1.19 bits per heavy atom. The molecule has 26 heavy (non-hydrogen) atoms. The lowest BCUT2D eigenvalue weighted by molar-refractivity contribution is -0.131. The molecule has 4 heteroatoms. The molecule has 1 N–H and O–H groups in total. The fourth-order valence-corrected chi connectivity index (χ4v) is 3.80. The molecule has 1 amide bonds. The summed E-state index contributed by atoms with van der Waals surface area (Å²) in [6, 6.07) is 18.3. The molecule has 1 aromatic heterocycles. The third-order valence-electron chi connectivity index (χ3n) is 5.28. The number of hydrogen-bond donors (Lipinski definition) is 1. The number of rotatable bonds is 4. The highest BCUT2D eigenvalue weighted by Crippen LogP contribution is 2.29. The highest BCUT2D eigenvalue weighted by atomic mass is 16.5. The summed E-state index contributed by atoms with van der Waals surface area (Å²) in [5, 5.41) is 1.24. The largest absolute Gasteiger partial charge is 0.497 e. The van der Waals surface area contributed by atoms with Gasteiger partial charge >= 0.3 is 0 Å². The maximum absolute atomic E-state index is 12.8. The average molecular weight is 348 g/mol. The number of benzene rings is 2. The summed E-state index contributed by atoms with van der Waals surface area (Å²) >= 11 is 0. The van der Waals surface area contributed by atoms with Crippen LogP contribution in [0.4, 0.5) is 0 Å². The lowest BCUT2D eigenvalue weighted by Gasteiger charge is -2.32. The Labute approximate surface area is 153 Å². The van der Waals surface area contributed by atoms with Gasteiger partial charge in [-0.25, -0.2) is 0 Å². The molecule has 0 bridgehead atoms. The standard InChI is InChI=1S/C22H24N2O2/c1-26-19-10-8-16(9-11-19)13-22(25)24-12-4-6-18(15-24)21-14-17-5-2-3-7-20(17)23-21/h2-3,5,7-11,14,18,23H,4,6,12-13,15H2,1H3. The van der Waals surface area contributed by atoms with Crippen molar-refractivity contribution in [1.82, 2.24) is 9.88 Å².